The smallest absolute Gasteiger partial charge is 0.321 e. The summed E-state index contributed by atoms with van der Waals surface area (Å²) in [6.45, 7) is 5.58. The van der Waals surface area contributed by atoms with Gasteiger partial charge in [0.15, 0.2) is 5.92 Å². The molecule has 5 heteroatoms. The third kappa shape index (κ3) is 4.00. The van der Waals surface area contributed by atoms with E-state index in [4.69, 9.17) is 14.2 Å². The Morgan fingerprint density at radius 3 is 2.73 bits per heavy atom. The highest BCUT2D eigenvalue weighted by atomic mass is 16.6. The average molecular weight is 306 g/mol. The van der Waals surface area contributed by atoms with Crippen LogP contribution in [0.25, 0.3) is 0 Å². The maximum Gasteiger partial charge on any atom is 0.321 e. The lowest BCUT2D eigenvalue weighted by molar-refractivity contribution is -0.165. The summed E-state index contributed by atoms with van der Waals surface area (Å²) in [5.41, 5.74) is 0.372. The van der Waals surface area contributed by atoms with Crippen molar-refractivity contribution >= 4 is 11.9 Å². The molecule has 0 saturated carbocycles. The van der Waals surface area contributed by atoms with Gasteiger partial charge in [-0.1, -0.05) is 12.1 Å². The third-order valence-corrected chi connectivity index (χ3v) is 3.46. The van der Waals surface area contributed by atoms with Crippen LogP contribution < -0.4 is 4.74 Å². The highest BCUT2D eigenvalue weighted by Crippen LogP contribution is 2.29. The van der Waals surface area contributed by atoms with Crippen LogP contribution in [0.5, 0.6) is 5.75 Å². The number of hydrogen-bond acceptors (Lipinski definition) is 5. The topological polar surface area (TPSA) is 61.8 Å². The van der Waals surface area contributed by atoms with Gasteiger partial charge in [-0.05, 0) is 44.9 Å². The lowest BCUT2D eigenvalue weighted by Crippen LogP contribution is -2.34. The highest BCUT2D eigenvalue weighted by molar-refractivity contribution is 5.96. The van der Waals surface area contributed by atoms with E-state index in [9.17, 15) is 9.59 Å². The first kappa shape index (κ1) is 16.3. The maximum atomic E-state index is 12.2. The second-order valence-corrected chi connectivity index (χ2v) is 6.46. The number of ether oxygens (including phenoxy) is 3. The molecule has 1 unspecified atom stereocenters. The number of benzene rings is 1. The zero-order valence-electron chi connectivity index (χ0n) is 13.4. The Kier molecular flexibility index (Phi) is 4.74. The molecule has 0 bridgehead atoms. The summed E-state index contributed by atoms with van der Waals surface area (Å²) in [6, 6.07) is 7.58. The van der Waals surface area contributed by atoms with Crippen LogP contribution in [0.2, 0.25) is 0 Å². The van der Waals surface area contributed by atoms with Crippen LogP contribution in [0, 0.1) is 11.8 Å². The van der Waals surface area contributed by atoms with E-state index in [0.29, 0.717) is 6.42 Å². The zero-order chi connectivity index (χ0) is 16.3. The van der Waals surface area contributed by atoms with Crippen molar-refractivity contribution in [1.82, 2.24) is 0 Å². The average Bonchev–Trinajstić information content (AvgIpc) is 2.78. The second-order valence-electron chi connectivity index (χ2n) is 6.46. The zero-order valence-corrected chi connectivity index (χ0v) is 13.4. The number of methoxy groups -OCH3 is 1. The van der Waals surface area contributed by atoms with Crippen molar-refractivity contribution in [2.75, 3.05) is 13.7 Å². The number of cyclic esters (lactones) is 1. The van der Waals surface area contributed by atoms with Gasteiger partial charge >= 0.3 is 11.9 Å². The molecule has 1 aliphatic rings. The van der Waals surface area contributed by atoms with Crippen LogP contribution in [0.4, 0.5) is 0 Å². The second kappa shape index (κ2) is 6.38. The van der Waals surface area contributed by atoms with E-state index < -0.39 is 23.5 Å². The maximum absolute atomic E-state index is 12.2. The Hall–Kier alpha value is -2.04. The van der Waals surface area contributed by atoms with Crippen LogP contribution >= 0.6 is 0 Å². The quantitative estimate of drug-likeness (QED) is 0.631. The highest BCUT2D eigenvalue weighted by Gasteiger charge is 2.44. The summed E-state index contributed by atoms with van der Waals surface area (Å²) in [6.07, 6.45) is 0.562. The van der Waals surface area contributed by atoms with Crippen LogP contribution in [0.3, 0.4) is 0 Å². The Balaban J connectivity index is 2.11. The van der Waals surface area contributed by atoms with Crippen molar-refractivity contribution in [2.24, 2.45) is 11.8 Å². The summed E-state index contributed by atoms with van der Waals surface area (Å²) in [5.74, 6) is -1.33. The fourth-order valence-corrected chi connectivity index (χ4v) is 2.50. The van der Waals surface area contributed by atoms with Gasteiger partial charge in [0.2, 0.25) is 0 Å². The molecule has 1 heterocycles. The molecule has 1 aromatic carbocycles. The summed E-state index contributed by atoms with van der Waals surface area (Å²) < 4.78 is 15.6. The van der Waals surface area contributed by atoms with Gasteiger partial charge in [0.05, 0.1) is 13.7 Å². The normalized spacial score (nSPS) is 21.4. The molecule has 2 atom stereocenters. The molecule has 0 radical (unpaired) electrons. The number of hydrogen-bond donors (Lipinski definition) is 0. The number of rotatable bonds is 4. The molecule has 120 valence electrons. The molecular weight excluding hydrogens is 284 g/mol. The first-order valence-electron chi connectivity index (χ1n) is 7.32. The van der Waals surface area contributed by atoms with Crippen LogP contribution in [-0.2, 0) is 25.5 Å². The van der Waals surface area contributed by atoms with E-state index >= 15 is 0 Å². The van der Waals surface area contributed by atoms with Crippen molar-refractivity contribution < 1.29 is 23.8 Å². The van der Waals surface area contributed by atoms with E-state index in [1.54, 1.807) is 27.9 Å². The molecule has 1 fully saturated rings. The van der Waals surface area contributed by atoms with Gasteiger partial charge in [-0.3, -0.25) is 9.59 Å². The fraction of sp³-hybridized carbons (Fsp3) is 0.529. The minimum Gasteiger partial charge on any atom is -0.497 e. The van der Waals surface area contributed by atoms with E-state index in [2.05, 4.69) is 0 Å². The molecule has 0 amide bonds. The van der Waals surface area contributed by atoms with Crippen LogP contribution in [-0.4, -0.2) is 31.3 Å². The monoisotopic (exact) mass is 306 g/mol. The fourth-order valence-electron chi connectivity index (χ4n) is 2.50. The molecule has 0 spiro atoms. The predicted molar refractivity (Wildman–Crippen MR) is 80.5 cm³/mol. The SMILES string of the molecule is COc1cccc(C[C@H]2COC(=O)C2C(=O)OC(C)(C)C)c1. The van der Waals surface area contributed by atoms with E-state index in [0.717, 1.165) is 11.3 Å². The van der Waals surface area contributed by atoms with Crippen molar-refractivity contribution in [3.8, 4) is 5.75 Å². The molecule has 5 nitrogen and oxygen atoms in total. The van der Waals surface area contributed by atoms with Gasteiger partial charge in [-0.2, -0.15) is 0 Å². The standard InChI is InChI=1S/C17H22O5/c1-17(2,3)22-16(19)14-12(10-21-15(14)18)8-11-6-5-7-13(9-11)20-4/h5-7,9,12,14H,8,10H2,1-4H3/t12-,14?/m0/s1. The largest absolute Gasteiger partial charge is 0.497 e. The van der Waals surface area contributed by atoms with Crippen LogP contribution in [0.15, 0.2) is 24.3 Å². The minimum atomic E-state index is -0.856. The Labute approximate surface area is 130 Å². The third-order valence-electron chi connectivity index (χ3n) is 3.46. The molecule has 1 aliphatic heterocycles. The van der Waals surface area contributed by atoms with Gasteiger partial charge in [-0.25, -0.2) is 0 Å². The van der Waals surface area contributed by atoms with Crippen molar-refractivity contribution in [3.05, 3.63) is 29.8 Å². The number of carbonyl (C=O) groups is 2. The van der Waals surface area contributed by atoms with Crippen molar-refractivity contribution in [1.29, 1.82) is 0 Å². The number of carbonyl (C=O) groups excluding carboxylic acids is 2. The van der Waals surface area contributed by atoms with Gasteiger partial charge in [0, 0.05) is 5.92 Å². The van der Waals surface area contributed by atoms with Crippen molar-refractivity contribution in [2.45, 2.75) is 32.8 Å². The van der Waals surface area contributed by atoms with E-state index in [-0.39, 0.29) is 12.5 Å². The van der Waals surface area contributed by atoms with Gasteiger partial charge in [-0.15, -0.1) is 0 Å². The Morgan fingerprint density at radius 1 is 1.36 bits per heavy atom. The Morgan fingerprint density at radius 2 is 2.09 bits per heavy atom. The van der Waals surface area contributed by atoms with Crippen molar-refractivity contribution in [3.63, 3.8) is 0 Å². The van der Waals surface area contributed by atoms with E-state index in [1.165, 1.54) is 0 Å². The first-order valence-corrected chi connectivity index (χ1v) is 7.32. The lowest BCUT2D eigenvalue weighted by atomic mass is 9.89. The Bertz CT molecular complexity index is 558. The predicted octanol–water partition coefficient (Wildman–Crippen LogP) is 2.37. The van der Waals surface area contributed by atoms with Crippen LogP contribution in [0.1, 0.15) is 26.3 Å². The summed E-state index contributed by atoms with van der Waals surface area (Å²) in [4.78, 5) is 24.1. The van der Waals surface area contributed by atoms with E-state index in [1.807, 2.05) is 24.3 Å². The van der Waals surface area contributed by atoms with Gasteiger partial charge in [0.1, 0.15) is 11.4 Å². The minimum absolute atomic E-state index is 0.213. The summed E-state index contributed by atoms with van der Waals surface area (Å²) in [5, 5.41) is 0. The molecular formula is C17H22O5. The molecule has 2 rings (SSSR count). The van der Waals surface area contributed by atoms with Gasteiger partial charge in [0.25, 0.3) is 0 Å². The lowest BCUT2D eigenvalue weighted by Gasteiger charge is -2.23. The molecule has 0 aromatic heterocycles. The molecule has 0 N–H and O–H groups in total. The first-order chi connectivity index (χ1) is 10.3. The molecule has 1 saturated heterocycles. The summed E-state index contributed by atoms with van der Waals surface area (Å²) in [7, 11) is 1.60. The number of esters is 2. The molecule has 1 aromatic rings. The molecule has 0 aliphatic carbocycles. The summed E-state index contributed by atoms with van der Waals surface area (Å²) >= 11 is 0. The molecule has 22 heavy (non-hydrogen) atoms. The van der Waals surface area contributed by atoms with Gasteiger partial charge < -0.3 is 14.2 Å².